The van der Waals surface area contributed by atoms with Gasteiger partial charge in [-0.05, 0) is 48.6 Å². The van der Waals surface area contributed by atoms with Crippen molar-refractivity contribution in [3.8, 4) is 0 Å². The van der Waals surface area contributed by atoms with E-state index in [9.17, 15) is 4.79 Å². The molecule has 1 fully saturated rings. The highest BCUT2D eigenvalue weighted by Gasteiger charge is 2.18. The highest BCUT2D eigenvalue weighted by atomic mass is 16.5. The zero-order valence-electron chi connectivity index (χ0n) is 15.9. The van der Waals surface area contributed by atoms with Crippen molar-refractivity contribution in [1.82, 2.24) is 5.16 Å². The maximum Gasteiger partial charge on any atom is 0.300 e. The number of carbonyl (C=O) groups excluding carboxylic acids is 1. The van der Waals surface area contributed by atoms with Crippen LogP contribution in [0, 0.1) is 0 Å². The van der Waals surface area contributed by atoms with Crippen LogP contribution in [0.4, 0.5) is 5.69 Å². The van der Waals surface area contributed by atoms with Crippen LogP contribution in [0.5, 0.6) is 0 Å². The summed E-state index contributed by atoms with van der Waals surface area (Å²) < 4.78 is 5.21. The molecular weight excluding hydrogens is 356 g/mol. The van der Waals surface area contributed by atoms with Crippen molar-refractivity contribution in [3.05, 3.63) is 59.9 Å². The summed E-state index contributed by atoms with van der Waals surface area (Å²) in [6.07, 6.45) is 6.55. The lowest BCUT2D eigenvalue weighted by Gasteiger charge is -2.22. The van der Waals surface area contributed by atoms with E-state index in [4.69, 9.17) is 14.4 Å². The Kier molecular flexibility index (Phi) is 6.42. The summed E-state index contributed by atoms with van der Waals surface area (Å²) in [6, 6.07) is 15.6. The van der Waals surface area contributed by atoms with E-state index in [1.807, 2.05) is 36.4 Å². The van der Waals surface area contributed by atoms with Gasteiger partial charge in [0.2, 0.25) is 5.76 Å². The number of rotatable bonds is 3. The molecule has 3 aromatic rings. The van der Waals surface area contributed by atoms with Crippen molar-refractivity contribution in [3.63, 3.8) is 0 Å². The predicted octanol–water partition coefficient (Wildman–Crippen LogP) is 5.22. The van der Waals surface area contributed by atoms with Crippen molar-refractivity contribution in [2.45, 2.75) is 44.9 Å². The van der Waals surface area contributed by atoms with Crippen LogP contribution >= 0.6 is 0 Å². The Morgan fingerprint density at radius 2 is 1.68 bits per heavy atom. The fraction of sp³-hybridized carbons (Fsp3) is 0.318. The number of nitrogens with zero attached hydrogens (tertiary/aromatic N) is 1. The Labute approximate surface area is 163 Å². The number of carboxylic acid groups (broad SMARTS) is 1. The molecule has 1 aliphatic rings. The van der Waals surface area contributed by atoms with E-state index in [2.05, 4.69) is 22.6 Å². The number of amides is 1. The van der Waals surface area contributed by atoms with E-state index in [-0.39, 0.29) is 11.7 Å². The SMILES string of the molecule is CC(=O)O.O=C(Nc1ccc(C2CCCCC2)cc1)c1onc2ccccc12. The third-order valence-electron chi connectivity index (χ3n) is 4.84. The molecule has 6 heteroatoms. The Hall–Kier alpha value is -3.15. The first-order chi connectivity index (χ1) is 13.5. The standard InChI is InChI=1S/C20H20N2O2.C2H4O2/c23-20(19-17-8-4-5-9-18(17)22-24-19)21-16-12-10-15(11-13-16)14-6-2-1-3-7-14;1-2(3)4/h4-5,8-14H,1-3,6-7H2,(H,21,23);1H3,(H,3,4). The van der Waals surface area contributed by atoms with Gasteiger partial charge in [-0.25, -0.2) is 0 Å². The van der Waals surface area contributed by atoms with Crippen LogP contribution in [-0.4, -0.2) is 22.1 Å². The summed E-state index contributed by atoms with van der Waals surface area (Å²) in [5.41, 5.74) is 2.84. The van der Waals surface area contributed by atoms with Crippen LogP contribution in [0.25, 0.3) is 10.9 Å². The summed E-state index contributed by atoms with van der Waals surface area (Å²) in [5.74, 6) is -0.183. The number of hydrogen-bond acceptors (Lipinski definition) is 4. The molecule has 0 bridgehead atoms. The third-order valence-corrected chi connectivity index (χ3v) is 4.84. The van der Waals surface area contributed by atoms with E-state index in [1.165, 1.54) is 37.7 Å². The molecule has 146 valence electrons. The molecule has 2 aromatic carbocycles. The second-order valence-electron chi connectivity index (χ2n) is 6.96. The van der Waals surface area contributed by atoms with Crippen molar-refractivity contribution in [2.75, 3.05) is 5.32 Å². The van der Waals surface area contributed by atoms with Gasteiger partial charge in [0.05, 0.1) is 5.39 Å². The van der Waals surface area contributed by atoms with Crippen LogP contribution in [0.1, 0.15) is 61.1 Å². The maximum atomic E-state index is 12.4. The first kappa shape index (κ1) is 19.6. The van der Waals surface area contributed by atoms with Gasteiger partial charge in [0.15, 0.2) is 0 Å². The van der Waals surface area contributed by atoms with Crippen molar-refractivity contribution in [2.24, 2.45) is 0 Å². The minimum atomic E-state index is -0.833. The number of anilines is 1. The molecule has 0 saturated heterocycles. The summed E-state index contributed by atoms with van der Waals surface area (Å²) in [5, 5.41) is 15.0. The fourth-order valence-electron chi connectivity index (χ4n) is 3.52. The largest absolute Gasteiger partial charge is 0.481 e. The summed E-state index contributed by atoms with van der Waals surface area (Å²) in [6.45, 7) is 1.08. The van der Waals surface area contributed by atoms with Gasteiger partial charge in [0, 0.05) is 12.6 Å². The molecule has 1 saturated carbocycles. The van der Waals surface area contributed by atoms with Crippen LogP contribution < -0.4 is 5.32 Å². The molecule has 0 spiro atoms. The Balaban J connectivity index is 0.000000516. The lowest BCUT2D eigenvalue weighted by atomic mass is 9.84. The van der Waals surface area contributed by atoms with E-state index in [1.54, 1.807) is 0 Å². The molecular formula is C22H24N2O4. The molecule has 28 heavy (non-hydrogen) atoms. The van der Waals surface area contributed by atoms with Gasteiger partial charge in [-0.3, -0.25) is 9.59 Å². The molecule has 2 N–H and O–H groups in total. The van der Waals surface area contributed by atoms with Crippen LogP contribution in [-0.2, 0) is 4.79 Å². The number of hydrogen-bond donors (Lipinski definition) is 2. The van der Waals surface area contributed by atoms with Crippen molar-refractivity contribution in [1.29, 1.82) is 0 Å². The predicted molar refractivity (Wildman–Crippen MR) is 108 cm³/mol. The van der Waals surface area contributed by atoms with Gasteiger partial charge in [0.1, 0.15) is 5.52 Å². The molecule has 1 heterocycles. The summed E-state index contributed by atoms with van der Waals surface area (Å²) in [7, 11) is 0. The number of benzene rings is 2. The van der Waals surface area contributed by atoms with Gasteiger partial charge in [-0.1, -0.05) is 48.7 Å². The van der Waals surface area contributed by atoms with Crippen molar-refractivity contribution >= 4 is 28.5 Å². The normalized spacial score (nSPS) is 14.2. The minimum absolute atomic E-state index is 0.252. The lowest BCUT2D eigenvalue weighted by Crippen LogP contribution is -2.11. The molecule has 1 amide bonds. The van der Waals surface area contributed by atoms with E-state index in [0.29, 0.717) is 11.4 Å². The Morgan fingerprint density at radius 1 is 1.04 bits per heavy atom. The Morgan fingerprint density at radius 3 is 2.36 bits per heavy atom. The lowest BCUT2D eigenvalue weighted by molar-refractivity contribution is -0.134. The van der Waals surface area contributed by atoms with Crippen LogP contribution in [0.2, 0.25) is 0 Å². The highest BCUT2D eigenvalue weighted by molar-refractivity contribution is 6.10. The molecule has 0 radical (unpaired) electrons. The number of aliphatic carboxylic acids is 1. The molecule has 1 aromatic heterocycles. The number of carbonyl (C=O) groups is 2. The van der Waals surface area contributed by atoms with Gasteiger partial charge in [-0.15, -0.1) is 0 Å². The second-order valence-corrected chi connectivity index (χ2v) is 6.96. The van der Waals surface area contributed by atoms with Gasteiger partial charge in [0.25, 0.3) is 11.9 Å². The molecule has 0 atom stereocenters. The van der Waals surface area contributed by atoms with Crippen LogP contribution in [0.3, 0.4) is 0 Å². The summed E-state index contributed by atoms with van der Waals surface area (Å²) in [4.78, 5) is 21.4. The average molecular weight is 380 g/mol. The van der Waals surface area contributed by atoms with E-state index < -0.39 is 5.97 Å². The molecule has 6 nitrogen and oxygen atoms in total. The Bertz CT molecular complexity index is 937. The summed E-state index contributed by atoms with van der Waals surface area (Å²) >= 11 is 0. The quantitative estimate of drug-likeness (QED) is 0.650. The number of aromatic nitrogens is 1. The molecule has 4 rings (SSSR count). The number of nitrogens with one attached hydrogen (secondary N) is 1. The van der Waals surface area contributed by atoms with Gasteiger partial charge < -0.3 is 14.9 Å². The second kappa shape index (κ2) is 9.17. The smallest absolute Gasteiger partial charge is 0.300 e. The monoisotopic (exact) mass is 380 g/mol. The third kappa shape index (κ3) is 4.97. The topological polar surface area (TPSA) is 92.4 Å². The zero-order chi connectivity index (χ0) is 19.9. The number of carboxylic acids is 1. The first-order valence-electron chi connectivity index (χ1n) is 9.50. The van der Waals surface area contributed by atoms with Crippen LogP contribution in [0.15, 0.2) is 53.1 Å². The van der Waals surface area contributed by atoms with Gasteiger partial charge in [-0.2, -0.15) is 0 Å². The first-order valence-corrected chi connectivity index (χ1v) is 9.50. The fourth-order valence-corrected chi connectivity index (χ4v) is 3.52. The minimum Gasteiger partial charge on any atom is -0.481 e. The van der Waals surface area contributed by atoms with E-state index in [0.717, 1.165) is 18.0 Å². The maximum absolute atomic E-state index is 12.4. The average Bonchev–Trinajstić information content (AvgIpc) is 3.13. The zero-order valence-corrected chi connectivity index (χ0v) is 15.9. The van der Waals surface area contributed by atoms with E-state index >= 15 is 0 Å². The van der Waals surface area contributed by atoms with Gasteiger partial charge >= 0.3 is 0 Å². The highest BCUT2D eigenvalue weighted by Crippen LogP contribution is 2.33. The van der Waals surface area contributed by atoms with Crippen molar-refractivity contribution < 1.29 is 19.2 Å². The molecule has 0 unspecified atom stereocenters. The molecule has 0 aliphatic heterocycles. The number of fused-ring (bicyclic) bond motifs is 1. The molecule has 1 aliphatic carbocycles.